The Morgan fingerprint density at radius 3 is 2.60 bits per heavy atom. The van der Waals surface area contributed by atoms with Crippen molar-refractivity contribution in [3.05, 3.63) is 11.9 Å². The van der Waals surface area contributed by atoms with Gasteiger partial charge in [-0.15, -0.1) is 0 Å². The number of aromatic nitrogens is 2. The number of nitrogen functional groups attached to an aromatic ring is 1. The van der Waals surface area contributed by atoms with E-state index in [9.17, 15) is 8.42 Å². The van der Waals surface area contributed by atoms with Crippen molar-refractivity contribution in [3.8, 4) is 0 Å². The number of nitrogens with zero attached hydrogens (tertiary/aromatic N) is 2. The minimum atomic E-state index is -2.93. The summed E-state index contributed by atoms with van der Waals surface area (Å²) in [6, 6.07) is 1.70. The van der Waals surface area contributed by atoms with Crippen LogP contribution in [0.2, 0.25) is 0 Å². The quantitative estimate of drug-likeness (QED) is 0.540. The lowest BCUT2D eigenvalue weighted by Crippen LogP contribution is -2.25. The number of nitrogens with two attached hydrogens (primary N) is 1. The van der Waals surface area contributed by atoms with Crippen molar-refractivity contribution in [2.24, 2.45) is 5.84 Å². The minimum absolute atomic E-state index is 0.298. The van der Waals surface area contributed by atoms with Crippen molar-refractivity contribution in [2.75, 3.05) is 23.0 Å². The molecule has 1 saturated heterocycles. The first-order valence-electron chi connectivity index (χ1n) is 6.89. The highest BCUT2D eigenvalue weighted by atomic mass is 32.2. The van der Waals surface area contributed by atoms with Crippen LogP contribution in [0.5, 0.6) is 0 Å². The van der Waals surface area contributed by atoms with Crippen LogP contribution in [0.1, 0.15) is 37.4 Å². The Hall–Kier alpha value is -1.41. The summed E-state index contributed by atoms with van der Waals surface area (Å²) in [6.07, 6.45) is 3.67. The Morgan fingerprint density at radius 1 is 1.25 bits per heavy atom. The lowest BCUT2D eigenvalue weighted by molar-refractivity contribution is 0.591. The Kier molecular flexibility index (Phi) is 3.51. The molecule has 1 unspecified atom stereocenters. The molecule has 0 radical (unpaired) electrons. The molecule has 0 aromatic carbocycles. The normalized spacial score (nSPS) is 24.6. The maximum Gasteiger partial charge on any atom is 0.154 e. The van der Waals surface area contributed by atoms with E-state index >= 15 is 0 Å². The van der Waals surface area contributed by atoms with Crippen LogP contribution in [0, 0.1) is 0 Å². The second kappa shape index (κ2) is 5.17. The van der Waals surface area contributed by atoms with Gasteiger partial charge in [-0.3, -0.25) is 0 Å². The summed E-state index contributed by atoms with van der Waals surface area (Å²) in [5.41, 5.74) is 2.53. The average molecular weight is 297 g/mol. The van der Waals surface area contributed by atoms with Gasteiger partial charge in [0.1, 0.15) is 17.5 Å². The van der Waals surface area contributed by atoms with E-state index in [1.54, 1.807) is 6.07 Å². The fraction of sp³-hybridized carbons (Fsp3) is 0.667. The Labute approximate surface area is 118 Å². The molecule has 1 atom stereocenters. The largest absolute Gasteiger partial charge is 0.369 e. The maximum atomic E-state index is 11.8. The number of hydrogen-bond donors (Lipinski definition) is 3. The zero-order valence-corrected chi connectivity index (χ0v) is 12.0. The number of nitrogens with one attached hydrogen (secondary N) is 2. The predicted molar refractivity (Wildman–Crippen MR) is 77.1 cm³/mol. The first-order valence-corrected chi connectivity index (χ1v) is 8.61. The molecule has 4 N–H and O–H groups in total. The van der Waals surface area contributed by atoms with E-state index in [1.807, 2.05) is 0 Å². The molecule has 2 aliphatic rings. The SMILES string of the molecule is NNc1cc(NCC2CCCS2(=O)=O)nc(C2CC2)n1. The third-order valence-electron chi connectivity index (χ3n) is 3.81. The molecule has 8 heteroatoms. The molecule has 20 heavy (non-hydrogen) atoms. The molecule has 2 fully saturated rings. The van der Waals surface area contributed by atoms with Crippen LogP contribution < -0.4 is 16.6 Å². The van der Waals surface area contributed by atoms with Crippen LogP contribution in [0.25, 0.3) is 0 Å². The Morgan fingerprint density at radius 2 is 2.00 bits per heavy atom. The van der Waals surface area contributed by atoms with Gasteiger partial charge < -0.3 is 10.7 Å². The topological polar surface area (TPSA) is 110 Å². The summed E-state index contributed by atoms with van der Waals surface area (Å²) in [5.74, 6) is 8.08. The van der Waals surface area contributed by atoms with Crippen molar-refractivity contribution in [1.29, 1.82) is 0 Å². The van der Waals surface area contributed by atoms with E-state index in [4.69, 9.17) is 5.84 Å². The van der Waals surface area contributed by atoms with Crippen LogP contribution in [0.3, 0.4) is 0 Å². The summed E-state index contributed by atoms with van der Waals surface area (Å²) in [5, 5.41) is 2.81. The highest BCUT2D eigenvalue weighted by molar-refractivity contribution is 7.92. The van der Waals surface area contributed by atoms with Crippen LogP contribution in [-0.2, 0) is 9.84 Å². The second-order valence-electron chi connectivity index (χ2n) is 5.43. The summed E-state index contributed by atoms with van der Waals surface area (Å²) >= 11 is 0. The van der Waals surface area contributed by atoms with Crippen LogP contribution in [0.4, 0.5) is 11.6 Å². The molecule has 110 valence electrons. The van der Waals surface area contributed by atoms with Gasteiger partial charge in [0.2, 0.25) is 0 Å². The molecule has 0 spiro atoms. The highest BCUT2D eigenvalue weighted by Gasteiger charge is 2.31. The molecule has 7 nitrogen and oxygen atoms in total. The molecular weight excluding hydrogens is 278 g/mol. The zero-order chi connectivity index (χ0) is 14.2. The first-order chi connectivity index (χ1) is 9.58. The minimum Gasteiger partial charge on any atom is -0.369 e. The molecule has 2 heterocycles. The smallest absolute Gasteiger partial charge is 0.154 e. The molecular formula is C12H19N5O2S. The van der Waals surface area contributed by atoms with Crippen LogP contribution >= 0.6 is 0 Å². The predicted octanol–water partition coefficient (Wildman–Crippen LogP) is 0.629. The monoisotopic (exact) mass is 297 g/mol. The molecule has 1 aliphatic heterocycles. The Balaban J connectivity index is 1.72. The van der Waals surface area contributed by atoms with E-state index in [2.05, 4.69) is 20.7 Å². The summed E-state index contributed by atoms with van der Waals surface area (Å²) in [6.45, 7) is 0.396. The van der Waals surface area contributed by atoms with E-state index in [1.165, 1.54) is 0 Å². The summed E-state index contributed by atoms with van der Waals surface area (Å²) < 4.78 is 23.6. The van der Waals surface area contributed by atoms with Gasteiger partial charge in [0.05, 0.1) is 11.0 Å². The van der Waals surface area contributed by atoms with Gasteiger partial charge in [-0.2, -0.15) is 0 Å². The molecule has 3 rings (SSSR count). The molecule has 1 aromatic heterocycles. The maximum absolute atomic E-state index is 11.8. The second-order valence-corrected chi connectivity index (χ2v) is 7.83. The number of rotatable bonds is 5. The third-order valence-corrected chi connectivity index (χ3v) is 6.08. The van der Waals surface area contributed by atoms with E-state index < -0.39 is 9.84 Å². The van der Waals surface area contributed by atoms with Gasteiger partial charge in [-0.1, -0.05) is 0 Å². The number of hydrazine groups is 1. The molecule has 1 saturated carbocycles. The van der Waals surface area contributed by atoms with Gasteiger partial charge in [-0.05, 0) is 25.7 Å². The molecule has 1 aromatic rings. The van der Waals surface area contributed by atoms with Gasteiger partial charge in [-0.25, -0.2) is 24.2 Å². The number of anilines is 2. The van der Waals surface area contributed by atoms with Gasteiger partial charge in [0.25, 0.3) is 0 Å². The lowest BCUT2D eigenvalue weighted by atomic mass is 10.2. The van der Waals surface area contributed by atoms with Crippen molar-refractivity contribution >= 4 is 21.5 Å². The number of sulfone groups is 1. The summed E-state index contributed by atoms with van der Waals surface area (Å²) in [4.78, 5) is 8.76. The molecule has 1 aliphatic carbocycles. The standard InChI is InChI=1S/C12H19N5O2S/c13-17-11-6-10(15-12(16-11)8-3-4-8)14-7-9-2-1-5-20(9,18)19/h6,8-9H,1-5,7,13H2,(H2,14,15,16,17). The average Bonchev–Trinajstić information content (AvgIpc) is 3.21. The van der Waals surface area contributed by atoms with Crippen molar-refractivity contribution in [3.63, 3.8) is 0 Å². The Bertz CT molecular complexity index is 600. The lowest BCUT2D eigenvalue weighted by Gasteiger charge is -2.13. The van der Waals surface area contributed by atoms with Gasteiger partial charge >= 0.3 is 0 Å². The van der Waals surface area contributed by atoms with E-state index in [0.717, 1.165) is 31.5 Å². The van der Waals surface area contributed by atoms with E-state index in [0.29, 0.717) is 29.9 Å². The third kappa shape index (κ3) is 2.85. The molecule has 0 bridgehead atoms. The first kappa shape index (κ1) is 13.6. The van der Waals surface area contributed by atoms with Gasteiger partial charge in [0.15, 0.2) is 9.84 Å². The van der Waals surface area contributed by atoms with Crippen LogP contribution in [-0.4, -0.2) is 35.9 Å². The number of hydrogen-bond acceptors (Lipinski definition) is 7. The van der Waals surface area contributed by atoms with Crippen molar-refractivity contribution in [1.82, 2.24) is 9.97 Å². The van der Waals surface area contributed by atoms with Crippen LogP contribution in [0.15, 0.2) is 6.07 Å². The zero-order valence-electron chi connectivity index (χ0n) is 11.2. The fourth-order valence-corrected chi connectivity index (χ4v) is 4.23. The van der Waals surface area contributed by atoms with Crippen molar-refractivity contribution < 1.29 is 8.42 Å². The fourth-order valence-electron chi connectivity index (χ4n) is 2.46. The highest BCUT2D eigenvalue weighted by Crippen LogP contribution is 2.38. The van der Waals surface area contributed by atoms with Gasteiger partial charge in [0, 0.05) is 18.5 Å². The van der Waals surface area contributed by atoms with Crippen molar-refractivity contribution in [2.45, 2.75) is 36.9 Å². The molecule has 0 amide bonds. The summed E-state index contributed by atoms with van der Waals surface area (Å²) in [7, 11) is -2.93. The van der Waals surface area contributed by atoms with E-state index in [-0.39, 0.29) is 5.25 Å².